The van der Waals surface area contributed by atoms with Gasteiger partial charge in [-0.15, -0.1) is 0 Å². The van der Waals surface area contributed by atoms with Crippen LogP contribution >= 0.6 is 0 Å². The van der Waals surface area contributed by atoms with Crippen molar-refractivity contribution in [3.8, 4) is 0 Å². The minimum absolute atomic E-state index is 0.0385. The van der Waals surface area contributed by atoms with Gasteiger partial charge in [0.05, 0.1) is 16.4 Å². The highest BCUT2D eigenvalue weighted by atomic mass is 32.2. The molecule has 0 amide bonds. The van der Waals surface area contributed by atoms with E-state index in [4.69, 9.17) is 0 Å². The molecule has 1 unspecified atom stereocenters. The first-order valence-electron chi connectivity index (χ1n) is 6.66. The Morgan fingerprint density at radius 2 is 1.76 bits per heavy atom. The lowest BCUT2D eigenvalue weighted by Gasteiger charge is -2.16. The molecule has 1 fully saturated rings. The van der Waals surface area contributed by atoms with Crippen molar-refractivity contribution in [3.05, 3.63) is 23.3 Å². The Hall–Kier alpha value is -1.12. The summed E-state index contributed by atoms with van der Waals surface area (Å²) in [6.07, 6.45) is 0.328. The normalized spacial score (nSPS) is 21.4. The van der Waals surface area contributed by atoms with Gasteiger partial charge in [0.15, 0.2) is 9.84 Å². The van der Waals surface area contributed by atoms with Gasteiger partial charge in [0.2, 0.25) is 10.0 Å². The Morgan fingerprint density at radius 3 is 2.19 bits per heavy atom. The lowest BCUT2D eigenvalue weighted by molar-refractivity contribution is 0.561. The van der Waals surface area contributed by atoms with Crippen LogP contribution in [0, 0.1) is 13.8 Å². The van der Waals surface area contributed by atoms with Crippen LogP contribution in [0.15, 0.2) is 17.0 Å². The quantitative estimate of drug-likeness (QED) is 0.851. The maximum atomic E-state index is 12.5. The molecule has 21 heavy (non-hydrogen) atoms. The second-order valence-corrected chi connectivity index (χ2v) is 9.29. The first-order chi connectivity index (χ1) is 9.64. The van der Waals surface area contributed by atoms with E-state index in [0.29, 0.717) is 17.5 Å². The summed E-state index contributed by atoms with van der Waals surface area (Å²) in [6, 6.07) is 2.97. The number of nitrogens with one attached hydrogen (secondary N) is 2. The average Bonchev–Trinajstić information content (AvgIpc) is 2.66. The monoisotopic (exact) mass is 332 g/mol. The zero-order chi connectivity index (χ0) is 15.8. The Balaban J connectivity index is 2.33. The number of aryl methyl sites for hydroxylation is 2. The zero-order valence-electron chi connectivity index (χ0n) is 12.3. The maximum Gasteiger partial charge on any atom is 0.241 e. The summed E-state index contributed by atoms with van der Waals surface area (Å²) < 4.78 is 50.4. The van der Waals surface area contributed by atoms with E-state index in [9.17, 15) is 16.8 Å². The van der Waals surface area contributed by atoms with E-state index < -0.39 is 25.9 Å². The van der Waals surface area contributed by atoms with Gasteiger partial charge < -0.3 is 5.32 Å². The van der Waals surface area contributed by atoms with Crippen LogP contribution in [0.3, 0.4) is 0 Å². The number of rotatable bonds is 4. The van der Waals surface area contributed by atoms with Crippen molar-refractivity contribution in [3.63, 3.8) is 0 Å². The molecule has 118 valence electrons. The van der Waals surface area contributed by atoms with Gasteiger partial charge in [0.25, 0.3) is 0 Å². The average molecular weight is 332 g/mol. The molecule has 1 aliphatic rings. The Kier molecular flexibility index (Phi) is 4.32. The van der Waals surface area contributed by atoms with Crippen LogP contribution in [0.2, 0.25) is 0 Å². The molecule has 2 N–H and O–H groups in total. The van der Waals surface area contributed by atoms with Crippen molar-refractivity contribution in [2.24, 2.45) is 0 Å². The first-order valence-corrected chi connectivity index (χ1v) is 9.97. The fourth-order valence-corrected chi connectivity index (χ4v) is 6.19. The van der Waals surface area contributed by atoms with Crippen molar-refractivity contribution in [2.45, 2.75) is 31.2 Å². The van der Waals surface area contributed by atoms with E-state index in [0.717, 1.165) is 5.69 Å². The van der Waals surface area contributed by atoms with Gasteiger partial charge in [-0.05, 0) is 43.5 Å². The molecule has 1 heterocycles. The summed E-state index contributed by atoms with van der Waals surface area (Å²) >= 11 is 0. The van der Waals surface area contributed by atoms with Crippen LogP contribution in [0.4, 0.5) is 5.69 Å². The maximum absolute atomic E-state index is 12.5. The SMILES string of the molecule is CNc1cc(C)c(S(=O)(=O)NC2CCS(=O)(=O)C2)c(C)c1. The molecule has 8 heteroatoms. The summed E-state index contributed by atoms with van der Waals surface area (Å²) in [5.74, 6) is -0.0875. The van der Waals surface area contributed by atoms with Crippen molar-refractivity contribution >= 4 is 25.5 Å². The van der Waals surface area contributed by atoms with Gasteiger partial charge in [0.1, 0.15) is 0 Å². The smallest absolute Gasteiger partial charge is 0.241 e. The second kappa shape index (κ2) is 5.58. The molecule has 2 rings (SSSR count). The van der Waals surface area contributed by atoms with Gasteiger partial charge >= 0.3 is 0 Å². The summed E-state index contributed by atoms with van der Waals surface area (Å²) in [5.41, 5.74) is 2.10. The predicted octanol–water partition coefficient (Wildman–Crippen LogP) is 0.811. The predicted molar refractivity (Wildman–Crippen MR) is 82.8 cm³/mol. The zero-order valence-corrected chi connectivity index (χ0v) is 13.9. The van der Waals surface area contributed by atoms with Gasteiger partial charge in [-0.1, -0.05) is 0 Å². The highest BCUT2D eigenvalue weighted by Gasteiger charge is 2.32. The van der Waals surface area contributed by atoms with E-state index in [-0.39, 0.29) is 16.4 Å². The molecule has 0 spiro atoms. The molecule has 0 aromatic heterocycles. The molecule has 1 aromatic carbocycles. The van der Waals surface area contributed by atoms with Crippen LogP contribution in [0.1, 0.15) is 17.5 Å². The second-order valence-electron chi connectivity index (χ2n) is 5.41. The van der Waals surface area contributed by atoms with E-state index in [1.54, 1.807) is 33.0 Å². The van der Waals surface area contributed by atoms with E-state index >= 15 is 0 Å². The highest BCUT2D eigenvalue weighted by Crippen LogP contribution is 2.25. The van der Waals surface area contributed by atoms with Crippen molar-refractivity contribution < 1.29 is 16.8 Å². The van der Waals surface area contributed by atoms with Gasteiger partial charge in [-0.3, -0.25) is 0 Å². The van der Waals surface area contributed by atoms with E-state index in [2.05, 4.69) is 10.0 Å². The molecule has 0 aliphatic carbocycles. The topological polar surface area (TPSA) is 92.3 Å². The summed E-state index contributed by atoms with van der Waals surface area (Å²) in [7, 11) is -5.07. The summed E-state index contributed by atoms with van der Waals surface area (Å²) in [5, 5.41) is 2.98. The number of anilines is 1. The fourth-order valence-electron chi connectivity index (χ4n) is 2.68. The molecule has 6 nitrogen and oxygen atoms in total. The van der Waals surface area contributed by atoms with Crippen molar-refractivity contribution in [1.29, 1.82) is 0 Å². The molecule has 1 aliphatic heterocycles. The van der Waals surface area contributed by atoms with Crippen LogP contribution in [-0.4, -0.2) is 41.4 Å². The van der Waals surface area contributed by atoms with Crippen LogP contribution in [0.5, 0.6) is 0 Å². The number of hydrogen-bond acceptors (Lipinski definition) is 5. The molecular weight excluding hydrogens is 312 g/mol. The molecule has 0 bridgehead atoms. The third-order valence-electron chi connectivity index (χ3n) is 3.57. The number of sulfonamides is 1. The Labute approximate surface area is 125 Å². The van der Waals surface area contributed by atoms with Gasteiger partial charge in [0, 0.05) is 18.8 Å². The van der Waals surface area contributed by atoms with E-state index in [1.807, 2.05) is 0 Å². The Bertz CT molecular complexity index is 731. The van der Waals surface area contributed by atoms with Crippen LogP contribution in [-0.2, 0) is 19.9 Å². The number of benzene rings is 1. The van der Waals surface area contributed by atoms with E-state index in [1.165, 1.54) is 0 Å². The van der Waals surface area contributed by atoms with Crippen LogP contribution in [0.25, 0.3) is 0 Å². The third-order valence-corrected chi connectivity index (χ3v) is 7.16. The van der Waals surface area contributed by atoms with Crippen molar-refractivity contribution in [1.82, 2.24) is 4.72 Å². The molecular formula is C13H20N2O4S2. The van der Waals surface area contributed by atoms with Crippen LogP contribution < -0.4 is 10.0 Å². The molecule has 0 radical (unpaired) electrons. The molecule has 1 saturated heterocycles. The fraction of sp³-hybridized carbons (Fsp3) is 0.538. The van der Waals surface area contributed by atoms with Gasteiger partial charge in [-0.2, -0.15) is 0 Å². The first kappa shape index (κ1) is 16.3. The molecule has 1 atom stereocenters. The third kappa shape index (κ3) is 3.56. The van der Waals surface area contributed by atoms with Gasteiger partial charge in [-0.25, -0.2) is 21.6 Å². The minimum atomic E-state index is -3.72. The molecule has 0 saturated carbocycles. The minimum Gasteiger partial charge on any atom is -0.388 e. The number of hydrogen-bond donors (Lipinski definition) is 2. The lowest BCUT2D eigenvalue weighted by Crippen LogP contribution is -2.36. The summed E-state index contributed by atoms with van der Waals surface area (Å²) in [4.78, 5) is 0.228. The lowest BCUT2D eigenvalue weighted by atomic mass is 10.1. The largest absolute Gasteiger partial charge is 0.388 e. The standard InChI is InChI=1S/C13H20N2O4S2/c1-9-6-12(14-3)7-10(2)13(9)21(18,19)15-11-4-5-20(16,17)8-11/h6-7,11,14-15H,4-5,8H2,1-3H3. The molecule has 1 aromatic rings. The summed E-state index contributed by atoms with van der Waals surface area (Å²) in [6.45, 7) is 3.46. The highest BCUT2D eigenvalue weighted by molar-refractivity contribution is 7.92. The van der Waals surface area contributed by atoms with Crippen molar-refractivity contribution in [2.75, 3.05) is 23.9 Å². The number of sulfone groups is 1. The Morgan fingerprint density at radius 1 is 1.19 bits per heavy atom.